The summed E-state index contributed by atoms with van der Waals surface area (Å²) >= 11 is 0. The van der Waals surface area contributed by atoms with Crippen LogP contribution < -0.4 is 4.74 Å². The topological polar surface area (TPSA) is 48.0 Å². The highest BCUT2D eigenvalue weighted by Crippen LogP contribution is 2.40. The van der Waals surface area contributed by atoms with Crippen LogP contribution in [0.5, 0.6) is 5.75 Å². The number of rotatable bonds is 6. The molecule has 0 amide bonds. The van der Waals surface area contributed by atoms with E-state index < -0.39 is 17.4 Å². The van der Waals surface area contributed by atoms with Crippen LogP contribution in [0.25, 0.3) is 0 Å². The molecule has 1 heterocycles. The van der Waals surface area contributed by atoms with Gasteiger partial charge in [0, 0.05) is 32.5 Å². The van der Waals surface area contributed by atoms with E-state index in [9.17, 15) is 9.18 Å². The minimum Gasteiger partial charge on any atom is -0.471 e. The Morgan fingerprint density at radius 2 is 2.12 bits per heavy atom. The number of carbonyl (C=O) groups excluding carboxylic acids is 1. The summed E-state index contributed by atoms with van der Waals surface area (Å²) in [6.45, 7) is 5.76. The van der Waals surface area contributed by atoms with Gasteiger partial charge in [-0.25, -0.2) is 9.18 Å². The third kappa shape index (κ3) is 4.71. The average molecular weight is 347 g/mol. The van der Waals surface area contributed by atoms with E-state index in [2.05, 4.69) is 16.7 Å². The molecular weight excluding hydrogens is 325 g/mol. The first-order valence-corrected chi connectivity index (χ1v) is 8.52. The van der Waals surface area contributed by atoms with Crippen LogP contribution in [-0.2, 0) is 9.47 Å². The first-order chi connectivity index (χ1) is 12.1. The highest BCUT2D eigenvalue weighted by Gasteiger charge is 2.44. The van der Waals surface area contributed by atoms with Gasteiger partial charge < -0.3 is 14.2 Å². The molecule has 1 aliphatic heterocycles. The third-order valence-electron chi connectivity index (χ3n) is 4.27. The fourth-order valence-electron chi connectivity index (χ4n) is 2.69. The molecule has 0 spiro atoms. The van der Waals surface area contributed by atoms with Crippen molar-refractivity contribution in [3.05, 3.63) is 29.6 Å². The van der Waals surface area contributed by atoms with Gasteiger partial charge in [-0.3, -0.25) is 4.90 Å². The van der Waals surface area contributed by atoms with E-state index in [1.165, 1.54) is 18.2 Å². The van der Waals surface area contributed by atoms with Crippen LogP contribution in [0.1, 0.15) is 30.1 Å². The van der Waals surface area contributed by atoms with Gasteiger partial charge in [0.05, 0.1) is 18.8 Å². The van der Waals surface area contributed by atoms with E-state index >= 15 is 0 Å². The van der Waals surface area contributed by atoms with E-state index in [4.69, 9.17) is 14.2 Å². The molecule has 0 unspecified atom stereocenters. The molecule has 0 N–H and O–H groups in total. The second kappa shape index (κ2) is 7.85. The molecule has 1 aromatic rings. The summed E-state index contributed by atoms with van der Waals surface area (Å²) in [6.07, 6.45) is 1.53. The Morgan fingerprint density at radius 3 is 2.80 bits per heavy atom. The molecule has 134 valence electrons. The Morgan fingerprint density at radius 1 is 1.36 bits per heavy atom. The maximum atomic E-state index is 14.0. The van der Waals surface area contributed by atoms with Gasteiger partial charge in [0.2, 0.25) is 0 Å². The number of hydrogen-bond acceptors (Lipinski definition) is 5. The SMILES string of the molecule is CC#CC1(Oc2cc(C(=O)OCCN3CCOCC3)ccc2F)CC1. The van der Waals surface area contributed by atoms with E-state index in [1.807, 2.05) is 0 Å². The van der Waals surface area contributed by atoms with Crippen molar-refractivity contribution in [2.45, 2.75) is 25.4 Å². The summed E-state index contributed by atoms with van der Waals surface area (Å²) in [4.78, 5) is 14.4. The van der Waals surface area contributed by atoms with Crippen molar-refractivity contribution in [2.75, 3.05) is 39.5 Å². The van der Waals surface area contributed by atoms with Gasteiger partial charge in [-0.15, -0.1) is 5.92 Å². The smallest absolute Gasteiger partial charge is 0.338 e. The molecule has 1 aliphatic carbocycles. The van der Waals surface area contributed by atoms with Gasteiger partial charge in [-0.05, 0) is 25.1 Å². The quantitative estimate of drug-likeness (QED) is 0.583. The lowest BCUT2D eigenvalue weighted by Gasteiger charge is -2.26. The first-order valence-electron chi connectivity index (χ1n) is 8.52. The van der Waals surface area contributed by atoms with Crippen molar-refractivity contribution >= 4 is 5.97 Å². The van der Waals surface area contributed by atoms with Crippen molar-refractivity contribution in [1.82, 2.24) is 4.90 Å². The van der Waals surface area contributed by atoms with Gasteiger partial charge in [-0.1, -0.05) is 5.92 Å². The van der Waals surface area contributed by atoms with Crippen LogP contribution in [0.3, 0.4) is 0 Å². The van der Waals surface area contributed by atoms with Crippen molar-refractivity contribution in [1.29, 1.82) is 0 Å². The molecule has 1 aromatic carbocycles. The number of hydrogen-bond donors (Lipinski definition) is 0. The molecule has 3 rings (SSSR count). The zero-order valence-electron chi connectivity index (χ0n) is 14.3. The van der Waals surface area contributed by atoms with Crippen LogP contribution in [-0.4, -0.2) is 55.9 Å². The van der Waals surface area contributed by atoms with Crippen molar-refractivity contribution in [3.63, 3.8) is 0 Å². The molecule has 25 heavy (non-hydrogen) atoms. The Labute approximate surface area is 147 Å². The van der Waals surface area contributed by atoms with Gasteiger partial charge >= 0.3 is 5.97 Å². The highest BCUT2D eigenvalue weighted by molar-refractivity contribution is 5.89. The monoisotopic (exact) mass is 347 g/mol. The summed E-state index contributed by atoms with van der Waals surface area (Å²) < 4.78 is 30.2. The molecule has 6 heteroatoms. The molecule has 2 aliphatic rings. The highest BCUT2D eigenvalue weighted by atomic mass is 19.1. The molecule has 0 radical (unpaired) electrons. The Balaban J connectivity index is 1.56. The van der Waals surface area contributed by atoms with E-state index in [1.54, 1.807) is 6.92 Å². The van der Waals surface area contributed by atoms with Crippen molar-refractivity contribution in [3.8, 4) is 17.6 Å². The van der Waals surface area contributed by atoms with Crippen LogP contribution in [0.15, 0.2) is 18.2 Å². The fraction of sp³-hybridized carbons (Fsp3) is 0.526. The summed E-state index contributed by atoms with van der Waals surface area (Å²) in [5, 5.41) is 0. The Bertz CT molecular complexity index is 684. The second-order valence-electron chi connectivity index (χ2n) is 6.21. The number of morpholine rings is 1. The number of carbonyl (C=O) groups is 1. The number of benzene rings is 1. The van der Waals surface area contributed by atoms with Crippen LogP contribution in [0.4, 0.5) is 4.39 Å². The summed E-state index contributed by atoms with van der Waals surface area (Å²) in [6, 6.07) is 4.03. The lowest BCUT2D eigenvalue weighted by atomic mass is 10.2. The average Bonchev–Trinajstić information content (AvgIpc) is 3.37. The summed E-state index contributed by atoms with van der Waals surface area (Å²) in [5.74, 6) is 4.82. The zero-order valence-corrected chi connectivity index (χ0v) is 14.3. The Kier molecular flexibility index (Phi) is 5.57. The van der Waals surface area contributed by atoms with Gasteiger partial charge in [-0.2, -0.15) is 0 Å². The third-order valence-corrected chi connectivity index (χ3v) is 4.27. The van der Waals surface area contributed by atoms with Crippen LogP contribution >= 0.6 is 0 Å². The maximum Gasteiger partial charge on any atom is 0.338 e. The fourth-order valence-corrected chi connectivity index (χ4v) is 2.69. The predicted octanol–water partition coefficient (Wildman–Crippen LogP) is 2.25. The second-order valence-corrected chi connectivity index (χ2v) is 6.21. The maximum absolute atomic E-state index is 14.0. The first kappa shape index (κ1) is 17.7. The minimum absolute atomic E-state index is 0.0443. The van der Waals surface area contributed by atoms with Gasteiger partial charge in [0.1, 0.15) is 6.61 Å². The van der Waals surface area contributed by atoms with Crippen molar-refractivity contribution in [2.24, 2.45) is 0 Å². The zero-order chi connectivity index (χ0) is 17.7. The van der Waals surface area contributed by atoms with E-state index in [0.29, 0.717) is 19.8 Å². The van der Waals surface area contributed by atoms with Crippen LogP contribution in [0.2, 0.25) is 0 Å². The predicted molar refractivity (Wildman–Crippen MR) is 90.0 cm³/mol. The summed E-state index contributed by atoms with van der Waals surface area (Å²) in [5.41, 5.74) is -0.326. The molecule has 1 saturated carbocycles. The molecular formula is C19H22FNO4. The minimum atomic E-state index is -0.603. The number of nitrogens with zero attached hydrogens (tertiary/aromatic N) is 1. The summed E-state index contributed by atoms with van der Waals surface area (Å²) in [7, 11) is 0. The van der Waals surface area contributed by atoms with Crippen molar-refractivity contribution < 1.29 is 23.4 Å². The number of esters is 1. The molecule has 0 atom stereocenters. The van der Waals surface area contributed by atoms with Gasteiger partial charge in [0.25, 0.3) is 0 Å². The number of ether oxygens (including phenoxy) is 3. The van der Waals surface area contributed by atoms with E-state index in [-0.39, 0.29) is 17.9 Å². The van der Waals surface area contributed by atoms with Gasteiger partial charge in [0.15, 0.2) is 17.2 Å². The van der Waals surface area contributed by atoms with E-state index in [0.717, 1.165) is 25.9 Å². The molecule has 5 nitrogen and oxygen atoms in total. The normalized spacial score (nSPS) is 18.8. The lowest BCUT2D eigenvalue weighted by molar-refractivity contribution is 0.0195. The molecule has 1 saturated heterocycles. The Hall–Kier alpha value is -2.10. The number of halogens is 1. The largest absolute Gasteiger partial charge is 0.471 e. The van der Waals surface area contributed by atoms with Crippen LogP contribution in [0, 0.1) is 17.7 Å². The molecule has 0 aromatic heterocycles. The lowest BCUT2D eigenvalue weighted by Crippen LogP contribution is -2.38. The molecule has 0 bridgehead atoms. The standard InChI is InChI=1S/C19H22FNO4/c1-2-5-19(6-7-19)25-17-14-15(3-4-16(17)20)18(22)24-13-10-21-8-11-23-12-9-21/h3-4,14H,6-13H2,1H3. The molecule has 2 fully saturated rings.